The van der Waals surface area contributed by atoms with Gasteiger partial charge >= 0.3 is 0 Å². The van der Waals surface area contributed by atoms with E-state index in [0.29, 0.717) is 19.5 Å². The summed E-state index contributed by atoms with van der Waals surface area (Å²) in [6.45, 7) is 0.793. The van der Waals surface area contributed by atoms with Crippen LogP contribution in [0.3, 0.4) is 0 Å². The van der Waals surface area contributed by atoms with Gasteiger partial charge in [0.2, 0.25) is 5.91 Å². The second-order valence-electron chi connectivity index (χ2n) is 5.90. The minimum Gasteiger partial charge on any atom is -0.342 e. The highest BCUT2D eigenvalue weighted by Crippen LogP contribution is 2.30. The monoisotopic (exact) mass is 297 g/mol. The van der Waals surface area contributed by atoms with E-state index in [9.17, 15) is 9.18 Å². The Morgan fingerprint density at radius 1 is 1.00 bits per heavy atom. The van der Waals surface area contributed by atoms with Crippen molar-refractivity contribution in [2.45, 2.75) is 12.3 Å². The van der Waals surface area contributed by atoms with Gasteiger partial charge in [0.15, 0.2) is 0 Å². The molecule has 1 heterocycles. The molecule has 1 fully saturated rings. The molecular weight excluding hydrogens is 277 g/mol. The molecule has 0 saturated carbocycles. The molecule has 1 amide bonds. The molecule has 0 unspecified atom stereocenters. The standard InChI is InChI=1S/C19H20FNO/c20-12-15-13-21(14-15)19(22)11-18(16-7-3-1-4-8-16)17-9-5-2-6-10-17/h1-10,15,18H,11-14H2. The number of alkyl halides is 1. The number of amides is 1. The summed E-state index contributed by atoms with van der Waals surface area (Å²) in [4.78, 5) is 14.2. The lowest BCUT2D eigenvalue weighted by atomic mass is 9.87. The lowest BCUT2D eigenvalue weighted by molar-refractivity contribution is -0.138. The second-order valence-corrected chi connectivity index (χ2v) is 5.90. The first-order valence-electron chi connectivity index (χ1n) is 7.71. The Labute approximate surface area is 130 Å². The van der Waals surface area contributed by atoms with Gasteiger partial charge in [0.1, 0.15) is 0 Å². The molecule has 1 aliphatic heterocycles. The highest BCUT2D eigenvalue weighted by atomic mass is 19.1. The van der Waals surface area contributed by atoms with Gasteiger partial charge in [-0.25, -0.2) is 0 Å². The number of hydrogen-bond donors (Lipinski definition) is 0. The Hall–Kier alpha value is -2.16. The van der Waals surface area contributed by atoms with E-state index >= 15 is 0 Å². The molecule has 3 rings (SSSR count). The maximum atomic E-state index is 12.5. The van der Waals surface area contributed by atoms with E-state index in [-0.39, 0.29) is 24.4 Å². The maximum Gasteiger partial charge on any atom is 0.223 e. The van der Waals surface area contributed by atoms with Crippen LogP contribution in [-0.2, 0) is 4.79 Å². The van der Waals surface area contributed by atoms with Gasteiger partial charge in [-0.2, -0.15) is 0 Å². The smallest absolute Gasteiger partial charge is 0.223 e. The number of halogens is 1. The number of benzene rings is 2. The van der Waals surface area contributed by atoms with Gasteiger partial charge in [0.25, 0.3) is 0 Å². The first-order valence-corrected chi connectivity index (χ1v) is 7.71. The summed E-state index contributed by atoms with van der Waals surface area (Å²) >= 11 is 0. The van der Waals surface area contributed by atoms with E-state index < -0.39 is 0 Å². The average Bonchev–Trinajstić information content (AvgIpc) is 2.53. The number of rotatable bonds is 5. The fourth-order valence-corrected chi connectivity index (χ4v) is 2.97. The quantitative estimate of drug-likeness (QED) is 0.825. The zero-order valence-electron chi connectivity index (χ0n) is 12.5. The van der Waals surface area contributed by atoms with Crippen molar-refractivity contribution >= 4 is 5.91 Å². The molecule has 1 saturated heterocycles. The van der Waals surface area contributed by atoms with Crippen LogP contribution in [-0.4, -0.2) is 30.6 Å². The molecular formula is C19H20FNO. The summed E-state index contributed by atoms with van der Waals surface area (Å²) in [6, 6.07) is 20.2. The van der Waals surface area contributed by atoms with E-state index in [1.54, 1.807) is 4.90 Å². The number of likely N-dealkylation sites (tertiary alicyclic amines) is 1. The van der Waals surface area contributed by atoms with E-state index in [2.05, 4.69) is 24.3 Å². The number of carbonyl (C=O) groups is 1. The van der Waals surface area contributed by atoms with Crippen LogP contribution >= 0.6 is 0 Å². The molecule has 2 nitrogen and oxygen atoms in total. The Bertz CT molecular complexity index is 568. The first-order chi connectivity index (χ1) is 10.8. The summed E-state index contributed by atoms with van der Waals surface area (Å²) in [5.41, 5.74) is 2.29. The predicted octanol–water partition coefficient (Wildman–Crippen LogP) is 3.64. The van der Waals surface area contributed by atoms with Crippen LogP contribution in [0.25, 0.3) is 0 Å². The molecule has 0 spiro atoms. The molecule has 0 N–H and O–H groups in total. The van der Waals surface area contributed by atoms with Gasteiger partial charge in [-0.3, -0.25) is 9.18 Å². The van der Waals surface area contributed by atoms with Gasteiger partial charge in [-0.15, -0.1) is 0 Å². The molecule has 22 heavy (non-hydrogen) atoms. The van der Waals surface area contributed by atoms with Crippen molar-refractivity contribution in [3.63, 3.8) is 0 Å². The van der Waals surface area contributed by atoms with E-state index in [4.69, 9.17) is 0 Å². The van der Waals surface area contributed by atoms with Gasteiger partial charge in [-0.1, -0.05) is 60.7 Å². The third-order valence-electron chi connectivity index (χ3n) is 4.31. The molecule has 0 aromatic heterocycles. The Kier molecular flexibility index (Phi) is 4.52. The molecule has 1 aliphatic rings. The van der Waals surface area contributed by atoms with Crippen LogP contribution in [0.15, 0.2) is 60.7 Å². The van der Waals surface area contributed by atoms with Crippen molar-refractivity contribution in [3.05, 3.63) is 71.8 Å². The highest BCUT2D eigenvalue weighted by Gasteiger charge is 2.31. The van der Waals surface area contributed by atoms with Crippen molar-refractivity contribution in [2.24, 2.45) is 5.92 Å². The second kappa shape index (κ2) is 6.73. The first kappa shape index (κ1) is 14.8. The maximum absolute atomic E-state index is 12.5. The van der Waals surface area contributed by atoms with Gasteiger partial charge in [0, 0.05) is 31.3 Å². The van der Waals surface area contributed by atoms with Crippen LogP contribution in [0.2, 0.25) is 0 Å². The van der Waals surface area contributed by atoms with Crippen molar-refractivity contribution in [2.75, 3.05) is 19.8 Å². The lowest BCUT2D eigenvalue weighted by Gasteiger charge is -2.38. The molecule has 114 valence electrons. The average molecular weight is 297 g/mol. The minimum absolute atomic E-state index is 0.0378. The summed E-state index contributed by atoms with van der Waals surface area (Å²) in [5, 5.41) is 0. The third-order valence-corrected chi connectivity index (χ3v) is 4.31. The van der Waals surface area contributed by atoms with Gasteiger partial charge in [0.05, 0.1) is 6.67 Å². The van der Waals surface area contributed by atoms with Crippen molar-refractivity contribution in [3.8, 4) is 0 Å². The van der Waals surface area contributed by atoms with Crippen LogP contribution in [0.5, 0.6) is 0 Å². The van der Waals surface area contributed by atoms with Crippen LogP contribution in [0.4, 0.5) is 4.39 Å². The fourth-order valence-electron chi connectivity index (χ4n) is 2.97. The zero-order valence-corrected chi connectivity index (χ0v) is 12.5. The Balaban J connectivity index is 1.77. The molecule has 0 atom stereocenters. The van der Waals surface area contributed by atoms with Crippen molar-refractivity contribution < 1.29 is 9.18 Å². The Morgan fingerprint density at radius 3 is 1.95 bits per heavy atom. The van der Waals surface area contributed by atoms with Crippen molar-refractivity contribution in [1.29, 1.82) is 0 Å². The summed E-state index contributed by atoms with van der Waals surface area (Å²) in [5.74, 6) is 0.206. The van der Waals surface area contributed by atoms with Crippen LogP contribution in [0.1, 0.15) is 23.5 Å². The fraction of sp³-hybridized carbons (Fsp3) is 0.316. The minimum atomic E-state index is -0.329. The largest absolute Gasteiger partial charge is 0.342 e. The zero-order chi connectivity index (χ0) is 15.4. The topological polar surface area (TPSA) is 20.3 Å². The molecule has 0 radical (unpaired) electrons. The van der Waals surface area contributed by atoms with Crippen LogP contribution < -0.4 is 0 Å². The number of carbonyl (C=O) groups excluding carboxylic acids is 1. The van der Waals surface area contributed by atoms with E-state index in [1.807, 2.05) is 36.4 Å². The molecule has 2 aromatic carbocycles. The molecule has 0 bridgehead atoms. The molecule has 3 heteroatoms. The van der Waals surface area contributed by atoms with E-state index in [0.717, 1.165) is 11.1 Å². The predicted molar refractivity (Wildman–Crippen MR) is 85.4 cm³/mol. The summed E-state index contributed by atoms with van der Waals surface area (Å²) in [7, 11) is 0. The SMILES string of the molecule is O=C(CC(c1ccccc1)c1ccccc1)N1CC(CF)C1. The molecule has 2 aromatic rings. The van der Waals surface area contributed by atoms with Gasteiger partial charge in [-0.05, 0) is 11.1 Å². The normalized spacial score (nSPS) is 14.9. The molecule has 0 aliphatic carbocycles. The van der Waals surface area contributed by atoms with E-state index in [1.165, 1.54) is 0 Å². The highest BCUT2D eigenvalue weighted by molar-refractivity contribution is 5.78. The lowest BCUT2D eigenvalue weighted by Crippen LogP contribution is -2.51. The van der Waals surface area contributed by atoms with Gasteiger partial charge < -0.3 is 4.90 Å². The van der Waals surface area contributed by atoms with Crippen LogP contribution in [0, 0.1) is 5.92 Å². The summed E-state index contributed by atoms with van der Waals surface area (Å²) < 4.78 is 12.5. The number of nitrogens with zero attached hydrogens (tertiary/aromatic N) is 1. The summed E-state index contributed by atoms with van der Waals surface area (Å²) in [6.07, 6.45) is 0.438. The Morgan fingerprint density at radius 2 is 1.50 bits per heavy atom. The third kappa shape index (κ3) is 3.19. The van der Waals surface area contributed by atoms with Crippen molar-refractivity contribution in [1.82, 2.24) is 4.90 Å². The number of hydrogen-bond acceptors (Lipinski definition) is 1.